The predicted octanol–water partition coefficient (Wildman–Crippen LogP) is 1.61. The van der Waals surface area contributed by atoms with Gasteiger partial charge < -0.3 is 10.1 Å². The van der Waals surface area contributed by atoms with Gasteiger partial charge in [0.05, 0.1) is 6.61 Å². The fourth-order valence-corrected chi connectivity index (χ4v) is 2.43. The van der Waals surface area contributed by atoms with Crippen LogP contribution in [0.2, 0.25) is 0 Å². The van der Waals surface area contributed by atoms with Gasteiger partial charge in [0.15, 0.2) is 5.78 Å². The van der Waals surface area contributed by atoms with E-state index in [2.05, 4.69) is 10.2 Å². The number of ether oxygens (including phenoxy) is 1. The van der Waals surface area contributed by atoms with Crippen LogP contribution in [0.4, 0.5) is 0 Å². The van der Waals surface area contributed by atoms with Gasteiger partial charge in [-0.1, -0.05) is 0 Å². The molecule has 1 amide bonds. The highest BCUT2D eigenvalue weighted by Gasteiger charge is 2.16. The third kappa shape index (κ3) is 4.29. The van der Waals surface area contributed by atoms with Crippen LogP contribution in [0.25, 0.3) is 0 Å². The Kier molecular flexibility index (Phi) is 5.33. The Labute approximate surface area is 125 Å². The molecule has 0 unspecified atom stereocenters. The van der Waals surface area contributed by atoms with Gasteiger partial charge >= 0.3 is 0 Å². The number of nitrogens with one attached hydrogen (secondary N) is 1. The summed E-state index contributed by atoms with van der Waals surface area (Å²) in [6, 6.07) is 5.55. The Hall–Kier alpha value is -1.88. The van der Waals surface area contributed by atoms with Gasteiger partial charge in [0.2, 0.25) is 5.91 Å². The molecule has 1 aromatic rings. The van der Waals surface area contributed by atoms with Crippen molar-refractivity contribution in [3.63, 3.8) is 0 Å². The van der Waals surface area contributed by atoms with E-state index in [1.54, 1.807) is 13.0 Å². The minimum atomic E-state index is 0.0482. The zero-order valence-electron chi connectivity index (χ0n) is 12.6. The fraction of sp³-hybridized carbons (Fsp3) is 0.500. The second-order valence-corrected chi connectivity index (χ2v) is 5.19. The van der Waals surface area contributed by atoms with Gasteiger partial charge in [-0.25, -0.2) is 0 Å². The largest absolute Gasteiger partial charge is 0.494 e. The Morgan fingerprint density at radius 3 is 2.90 bits per heavy atom. The summed E-state index contributed by atoms with van der Waals surface area (Å²) in [4.78, 5) is 25.1. The molecule has 0 aromatic heterocycles. The van der Waals surface area contributed by atoms with Gasteiger partial charge in [0.25, 0.3) is 0 Å². The first-order valence-corrected chi connectivity index (χ1v) is 7.36. The molecule has 5 nitrogen and oxygen atoms in total. The van der Waals surface area contributed by atoms with E-state index in [0.717, 1.165) is 24.4 Å². The van der Waals surface area contributed by atoms with E-state index in [4.69, 9.17) is 4.74 Å². The molecule has 2 rings (SSSR count). The number of Topliss-reactive ketones (excluding diaryl/α,β-unsaturated/α-hetero) is 1. The van der Waals surface area contributed by atoms with Gasteiger partial charge in [-0.2, -0.15) is 0 Å². The van der Waals surface area contributed by atoms with Crippen molar-refractivity contribution in [1.29, 1.82) is 0 Å². The molecular formula is C16H22N2O3. The molecule has 0 radical (unpaired) electrons. The van der Waals surface area contributed by atoms with Crippen LogP contribution in [-0.2, 0) is 11.3 Å². The number of ketones is 1. The molecule has 1 fully saturated rings. The first-order valence-electron chi connectivity index (χ1n) is 7.36. The molecule has 0 aliphatic carbocycles. The number of hydrogen-bond donors (Lipinski definition) is 1. The summed E-state index contributed by atoms with van der Waals surface area (Å²) >= 11 is 0. The summed E-state index contributed by atoms with van der Waals surface area (Å²) in [5.74, 6) is 0.957. The Morgan fingerprint density at radius 2 is 2.19 bits per heavy atom. The summed E-state index contributed by atoms with van der Waals surface area (Å²) in [6.45, 7) is 6.97. The smallest absolute Gasteiger partial charge is 0.221 e. The minimum absolute atomic E-state index is 0.0482. The highest BCUT2D eigenvalue weighted by Crippen LogP contribution is 2.22. The van der Waals surface area contributed by atoms with E-state index in [9.17, 15) is 9.59 Å². The maximum atomic E-state index is 11.5. The second kappa shape index (κ2) is 7.22. The number of carbonyl (C=O) groups excluding carboxylic acids is 2. The van der Waals surface area contributed by atoms with Gasteiger partial charge in [-0.3, -0.25) is 14.5 Å². The third-order valence-electron chi connectivity index (χ3n) is 3.57. The molecule has 0 spiro atoms. The first-order chi connectivity index (χ1) is 10.1. The highest BCUT2D eigenvalue weighted by atomic mass is 16.5. The number of hydrogen-bond acceptors (Lipinski definition) is 4. The standard InChI is InChI=1S/C16H22N2O3/c1-3-21-15-5-4-13(12(2)19)10-14(15)11-18-8-6-16(20)17-7-9-18/h4-5,10H,3,6-9,11H2,1-2H3,(H,17,20). The monoisotopic (exact) mass is 290 g/mol. The number of benzene rings is 1. The topological polar surface area (TPSA) is 58.6 Å². The van der Waals surface area contributed by atoms with Crippen molar-refractivity contribution in [3.05, 3.63) is 29.3 Å². The van der Waals surface area contributed by atoms with Crippen LogP contribution in [0.15, 0.2) is 18.2 Å². The van der Waals surface area contributed by atoms with Crippen molar-refractivity contribution >= 4 is 11.7 Å². The molecule has 1 aliphatic heterocycles. The molecule has 0 saturated carbocycles. The van der Waals surface area contributed by atoms with Gasteiger partial charge in [0.1, 0.15) is 5.75 Å². The second-order valence-electron chi connectivity index (χ2n) is 5.19. The molecule has 21 heavy (non-hydrogen) atoms. The summed E-state index contributed by atoms with van der Waals surface area (Å²) in [7, 11) is 0. The fourth-order valence-electron chi connectivity index (χ4n) is 2.43. The Bertz CT molecular complexity index is 528. The lowest BCUT2D eigenvalue weighted by molar-refractivity contribution is -0.120. The number of rotatable bonds is 5. The number of carbonyl (C=O) groups is 2. The van der Waals surface area contributed by atoms with Gasteiger partial charge in [-0.15, -0.1) is 0 Å². The normalized spacial score (nSPS) is 16.2. The van der Waals surface area contributed by atoms with Crippen molar-refractivity contribution in [2.24, 2.45) is 0 Å². The minimum Gasteiger partial charge on any atom is -0.494 e. The maximum Gasteiger partial charge on any atom is 0.221 e. The lowest BCUT2D eigenvalue weighted by Crippen LogP contribution is -2.28. The van der Waals surface area contributed by atoms with Crippen molar-refractivity contribution < 1.29 is 14.3 Å². The zero-order valence-corrected chi connectivity index (χ0v) is 12.6. The molecule has 1 aliphatic rings. The number of amides is 1. The molecule has 0 bridgehead atoms. The van der Waals surface area contributed by atoms with Crippen molar-refractivity contribution in [2.75, 3.05) is 26.2 Å². The summed E-state index contributed by atoms with van der Waals surface area (Å²) in [6.07, 6.45) is 0.510. The van der Waals surface area contributed by atoms with Gasteiger partial charge in [-0.05, 0) is 32.0 Å². The van der Waals surface area contributed by atoms with E-state index in [-0.39, 0.29) is 11.7 Å². The highest BCUT2D eigenvalue weighted by molar-refractivity contribution is 5.94. The maximum absolute atomic E-state index is 11.5. The molecule has 5 heteroatoms. The molecule has 114 valence electrons. The molecular weight excluding hydrogens is 268 g/mol. The predicted molar refractivity (Wildman–Crippen MR) is 80.5 cm³/mol. The van der Waals surface area contributed by atoms with Crippen LogP contribution < -0.4 is 10.1 Å². The van der Waals surface area contributed by atoms with Crippen LogP contribution in [0.3, 0.4) is 0 Å². The van der Waals surface area contributed by atoms with Crippen molar-refractivity contribution in [3.8, 4) is 5.75 Å². The SMILES string of the molecule is CCOc1ccc(C(C)=O)cc1CN1CCNC(=O)CC1. The first kappa shape index (κ1) is 15.5. The van der Waals surface area contributed by atoms with Crippen LogP contribution >= 0.6 is 0 Å². The molecule has 1 N–H and O–H groups in total. The van der Waals surface area contributed by atoms with Crippen LogP contribution in [-0.4, -0.2) is 42.8 Å². The molecule has 0 atom stereocenters. The Balaban J connectivity index is 2.17. The van der Waals surface area contributed by atoms with Crippen molar-refractivity contribution in [1.82, 2.24) is 10.2 Å². The van der Waals surface area contributed by atoms with E-state index in [1.807, 2.05) is 19.1 Å². The molecule has 1 aromatic carbocycles. The van der Waals surface area contributed by atoms with Crippen LogP contribution in [0, 0.1) is 0 Å². The molecule has 1 heterocycles. The van der Waals surface area contributed by atoms with E-state index in [0.29, 0.717) is 31.7 Å². The molecule has 1 saturated heterocycles. The van der Waals surface area contributed by atoms with Crippen LogP contribution in [0.1, 0.15) is 36.2 Å². The summed E-state index contributed by atoms with van der Waals surface area (Å²) < 4.78 is 5.65. The summed E-state index contributed by atoms with van der Waals surface area (Å²) in [5.41, 5.74) is 1.69. The van der Waals surface area contributed by atoms with Crippen LogP contribution in [0.5, 0.6) is 5.75 Å². The summed E-state index contributed by atoms with van der Waals surface area (Å²) in [5, 5.41) is 2.86. The zero-order chi connectivity index (χ0) is 15.2. The average molecular weight is 290 g/mol. The lowest BCUT2D eigenvalue weighted by atomic mass is 10.1. The Morgan fingerprint density at radius 1 is 1.38 bits per heavy atom. The third-order valence-corrected chi connectivity index (χ3v) is 3.57. The lowest BCUT2D eigenvalue weighted by Gasteiger charge is -2.21. The van der Waals surface area contributed by atoms with E-state index < -0.39 is 0 Å². The average Bonchev–Trinajstić information content (AvgIpc) is 2.66. The van der Waals surface area contributed by atoms with Gasteiger partial charge in [0, 0.05) is 43.7 Å². The van der Waals surface area contributed by atoms with E-state index in [1.165, 1.54) is 0 Å². The van der Waals surface area contributed by atoms with E-state index >= 15 is 0 Å². The van der Waals surface area contributed by atoms with Crippen molar-refractivity contribution in [2.45, 2.75) is 26.8 Å². The quantitative estimate of drug-likeness (QED) is 0.837. The number of nitrogens with zero attached hydrogens (tertiary/aromatic N) is 1.